The van der Waals surface area contributed by atoms with Gasteiger partial charge in [0, 0.05) is 19.3 Å². The van der Waals surface area contributed by atoms with Gasteiger partial charge in [0.1, 0.15) is 5.75 Å². The molecule has 30 heavy (non-hydrogen) atoms. The highest BCUT2D eigenvalue weighted by Gasteiger charge is 2.21. The average molecular weight is 413 g/mol. The van der Waals surface area contributed by atoms with Gasteiger partial charge in [-0.25, -0.2) is 0 Å². The summed E-state index contributed by atoms with van der Waals surface area (Å²) < 4.78 is 10.3. The number of hydrogen-bond acceptors (Lipinski definition) is 5. The van der Waals surface area contributed by atoms with Gasteiger partial charge < -0.3 is 25.0 Å². The number of amides is 3. The van der Waals surface area contributed by atoms with Crippen LogP contribution in [0.1, 0.15) is 15.9 Å². The van der Waals surface area contributed by atoms with Gasteiger partial charge >= 0.3 is 0 Å². The number of rotatable bonds is 10. The molecule has 0 aliphatic heterocycles. The van der Waals surface area contributed by atoms with E-state index in [0.717, 1.165) is 5.56 Å². The number of methoxy groups -OCH3 is 2. The first-order chi connectivity index (χ1) is 14.4. The molecule has 2 rings (SSSR count). The quantitative estimate of drug-likeness (QED) is 0.620. The molecule has 8 heteroatoms. The van der Waals surface area contributed by atoms with Crippen molar-refractivity contribution >= 4 is 23.4 Å². The maximum atomic E-state index is 12.9. The minimum absolute atomic E-state index is 0.201. The van der Waals surface area contributed by atoms with Gasteiger partial charge in [0.05, 0.1) is 32.4 Å². The molecule has 0 saturated carbocycles. The van der Waals surface area contributed by atoms with Crippen molar-refractivity contribution in [1.82, 2.24) is 10.2 Å². The normalized spacial score (nSPS) is 10.2. The largest absolute Gasteiger partial charge is 0.496 e. The molecule has 0 unspecified atom stereocenters. The van der Waals surface area contributed by atoms with E-state index < -0.39 is 5.91 Å². The second-order valence-corrected chi connectivity index (χ2v) is 6.61. The molecular formula is C22H27N3O5. The molecule has 160 valence electrons. The van der Waals surface area contributed by atoms with Gasteiger partial charge in [-0.1, -0.05) is 29.8 Å². The number of carbonyl (C=O) groups is 3. The molecule has 3 amide bonds. The Labute approximate surface area is 176 Å². The minimum atomic E-state index is -0.451. The fourth-order valence-corrected chi connectivity index (χ4v) is 2.70. The third kappa shape index (κ3) is 6.89. The van der Waals surface area contributed by atoms with E-state index in [-0.39, 0.29) is 38.1 Å². The molecular weight excluding hydrogens is 386 g/mol. The third-order valence-corrected chi connectivity index (χ3v) is 4.31. The van der Waals surface area contributed by atoms with Crippen LogP contribution in [0.4, 0.5) is 5.69 Å². The van der Waals surface area contributed by atoms with Gasteiger partial charge in [-0.2, -0.15) is 0 Å². The van der Waals surface area contributed by atoms with Crippen molar-refractivity contribution < 1.29 is 23.9 Å². The zero-order valence-corrected chi connectivity index (χ0v) is 17.4. The highest BCUT2D eigenvalue weighted by atomic mass is 16.5. The van der Waals surface area contributed by atoms with Crippen molar-refractivity contribution in [3.63, 3.8) is 0 Å². The molecule has 0 aliphatic rings. The summed E-state index contributed by atoms with van der Waals surface area (Å²) in [4.78, 5) is 38.7. The molecule has 2 aromatic rings. The summed E-state index contributed by atoms with van der Waals surface area (Å²) in [5, 5.41) is 5.24. The number of benzene rings is 2. The standard InChI is InChI=1S/C22H27N3O5/c1-16-8-10-17(11-9-16)24-20(26)14-23-21(27)15-25(12-13-29-2)22(28)18-6-4-5-7-19(18)30-3/h4-11H,12-15H2,1-3H3,(H,23,27)(H,24,26). The SMILES string of the molecule is COCCN(CC(=O)NCC(=O)Nc1ccc(C)cc1)C(=O)c1ccccc1OC. The van der Waals surface area contributed by atoms with Crippen molar-refractivity contribution in [1.29, 1.82) is 0 Å². The molecule has 0 radical (unpaired) electrons. The summed E-state index contributed by atoms with van der Waals surface area (Å²) in [5.74, 6) is -0.744. The lowest BCUT2D eigenvalue weighted by molar-refractivity contribution is -0.124. The van der Waals surface area contributed by atoms with Gasteiger partial charge in [0.2, 0.25) is 11.8 Å². The van der Waals surface area contributed by atoms with E-state index in [2.05, 4.69) is 10.6 Å². The van der Waals surface area contributed by atoms with Crippen molar-refractivity contribution in [3.8, 4) is 5.75 Å². The summed E-state index contributed by atoms with van der Waals surface area (Å²) in [7, 11) is 2.99. The average Bonchev–Trinajstić information content (AvgIpc) is 2.76. The first kappa shape index (κ1) is 22.9. The Bertz CT molecular complexity index is 867. The molecule has 0 aromatic heterocycles. The molecule has 0 bridgehead atoms. The first-order valence-corrected chi connectivity index (χ1v) is 9.49. The van der Waals surface area contributed by atoms with Crippen molar-refractivity contribution in [2.45, 2.75) is 6.92 Å². The van der Waals surface area contributed by atoms with E-state index in [9.17, 15) is 14.4 Å². The van der Waals surface area contributed by atoms with Crippen LogP contribution in [0.2, 0.25) is 0 Å². The number of nitrogens with zero attached hydrogens (tertiary/aromatic N) is 1. The Morgan fingerprint density at radius 2 is 1.67 bits per heavy atom. The Hall–Kier alpha value is -3.39. The zero-order valence-electron chi connectivity index (χ0n) is 17.4. The molecule has 0 saturated heterocycles. The number of para-hydroxylation sites is 1. The molecule has 8 nitrogen and oxygen atoms in total. The van der Waals surface area contributed by atoms with E-state index in [1.165, 1.54) is 19.1 Å². The number of anilines is 1. The molecule has 2 aromatic carbocycles. The lowest BCUT2D eigenvalue weighted by Gasteiger charge is -2.22. The topological polar surface area (TPSA) is 97.0 Å². The van der Waals surface area contributed by atoms with Crippen LogP contribution in [-0.2, 0) is 14.3 Å². The maximum absolute atomic E-state index is 12.9. The van der Waals surface area contributed by atoms with E-state index in [0.29, 0.717) is 17.0 Å². The predicted molar refractivity (Wildman–Crippen MR) is 114 cm³/mol. The summed E-state index contributed by atoms with van der Waals surface area (Å²) in [6.45, 7) is 2.03. The van der Waals surface area contributed by atoms with Gasteiger partial charge in [-0.3, -0.25) is 14.4 Å². The number of nitrogens with one attached hydrogen (secondary N) is 2. The fourth-order valence-electron chi connectivity index (χ4n) is 2.70. The molecule has 2 N–H and O–H groups in total. The molecule has 0 fully saturated rings. The van der Waals surface area contributed by atoms with Crippen LogP contribution >= 0.6 is 0 Å². The molecule has 0 atom stereocenters. The Morgan fingerprint density at radius 1 is 0.967 bits per heavy atom. The van der Waals surface area contributed by atoms with Crippen LogP contribution in [0.3, 0.4) is 0 Å². The monoisotopic (exact) mass is 413 g/mol. The van der Waals surface area contributed by atoms with Crippen molar-refractivity contribution in [2.75, 3.05) is 45.8 Å². The van der Waals surface area contributed by atoms with Crippen LogP contribution in [0.15, 0.2) is 48.5 Å². The van der Waals surface area contributed by atoms with Crippen LogP contribution < -0.4 is 15.4 Å². The summed E-state index contributed by atoms with van der Waals surface area (Å²) in [6, 6.07) is 14.1. The van der Waals surface area contributed by atoms with Crippen molar-refractivity contribution in [2.24, 2.45) is 0 Å². The predicted octanol–water partition coefficient (Wildman–Crippen LogP) is 1.85. The Balaban J connectivity index is 1.94. The number of aryl methyl sites for hydroxylation is 1. The smallest absolute Gasteiger partial charge is 0.258 e. The van der Waals surface area contributed by atoms with Gasteiger partial charge in [-0.05, 0) is 31.2 Å². The van der Waals surface area contributed by atoms with E-state index >= 15 is 0 Å². The van der Waals surface area contributed by atoms with Crippen LogP contribution in [0, 0.1) is 6.92 Å². The van der Waals surface area contributed by atoms with E-state index in [1.807, 2.05) is 19.1 Å². The number of hydrogen-bond donors (Lipinski definition) is 2. The van der Waals surface area contributed by atoms with E-state index in [4.69, 9.17) is 9.47 Å². The molecule has 0 spiro atoms. The highest BCUT2D eigenvalue weighted by molar-refractivity contribution is 5.99. The van der Waals surface area contributed by atoms with Crippen LogP contribution in [-0.4, -0.2) is 63.1 Å². The van der Waals surface area contributed by atoms with Gasteiger partial charge in [0.25, 0.3) is 5.91 Å². The van der Waals surface area contributed by atoms with Gasteiger partial charge in [-0.15, -0.1) is 0 Å². The minimum Gasteiger partial charge on any atom is -0.496 e. The zero-order chi connectivity index (χ0) is 21.9. The van der Waals surface area contributed by atoms with Gasteiger partial charge in [0.15, 0.2) is 0 Å². The maximum Gasteiger partial charge on any atom is 0.258 e. The highest BCUT2D eigenvalue weighted by Crippen LogP contribution is 2.19. The summed E-state index contributed by atoms with van der Waals surface area (Å²) in [6.07, 6.45) is 0. The summed E-state index contributed by atoms with van der Waals surface area (Å²) >= 11 is 0. The van der Waals surface area contributed by atoms with Crippen LogP contribution in [0.5, 0.6) is 5.75 Å². The number of carbonyl (C=O) groups excluding carboxylic acids is 3. The lowest BCUT2D eigenvalue weighted by Crippen LogP contribution is -2.44. The third-order valence-electron chi connectivity index (χ3n) is 4.31. The lowest BCUT2D eigenvalue weighted by atomic mass is 10.1. The first-order valence-electron chi connectivity index (χ1n) is 9.49. The molecule has 0 aliphatic carbocycles. The summed E-state index contributed by atoms with van der Waals surface area (Å²) in [5.41, 5.74) is 2.08. The van der Waals surface area contributed by atoms with E-state index in [1.54, 1.807) is 36.4 Å². The van der Waals surface area contributed by atoms with Crippen molar-refractivity contribution in [3.05, 3.63) is 59.7 Å². The van der Waals surface area contributed by atoms with Crippen LogP contribution in [0.25, 0.3) is 0 Å². The molecule has 0 heterocycles. The fraction of sp³-hybridized carbons (Fsp3) is 0.318. The Kier molecular flexibility index (Phi) is 8.83. The second kappa shape index (κ2) is 11.6. The second-order valence-electron chi connectivity index (χ2n) is 6.61. The number of ether oxygens (including phenoxy) is 2. The Morgan fingerprint density at radius 3 is 2.33 bits per heavy atom.